The Morgan fingerprint density at radius 1 is 1.08 bits per heavy atom. The molecule has 13 heteroatoms. The number of amides is 2. The minimum absolute atomic E-state index is 0.125. The van der Waals surface area contributed by atoms with Crippen LogP contribution in [0, 0.1) is 10.1 Å². The van der Waals surface area contributed by atoms with Gasteiger partial charge in [0.05, 0.1) is 44.8 Å². The number of nitro groups is 1. The van der Waals surface area contributed by atoms with Gasteiger partial charge in [0, 0.05) is 17.8 Å². The Labute approximate surface area is 217 Å². The van der Waals surface area contributed by atoms with Crippen molar-refractivity contribution in [1.82, 2.24) is 4.98 Å². The van der Waals surface area contributed by atoms with Crippen molar-refractivity contribution >= 4 is 68.2 Å². The van der Waals surface area contributed by atoms with E-state index in [1.807, 2.05) is 0 Å². The molecule has 0 atom stereocenters. The number of carboxylic acids is 1. The molecular formula is C24H18N4O7S2. The first-order valence-corrected chi connectivity index (χ1v) is 12.3. The highest BCUT2D eigenvalue weighted by Crippen LogP contribution is 2.32. The largest absolute Gasteiger partial charge is 0.495 e. The Hall–Kier alpha value is -4.49. The van der Waals surface area contributed by atoms with Gasteiger partial charge in [-0.25, -0.2) is 9.78 Å². The summed E-state index contributed by atoms with van der Waals surface area (Å²) in [6, 6.07) is 15.1. The SMILES string of the molecule is COc1ccccc1NC(=O)CSc1nc2ccc(NC(=O)c3ccc([N+](=O)[O-])cc3C(=O)O)cc2s1. The minimum Gasteiger partial charge on any atom is -0.495 e. The van der Waals surface area contributed by atoms with Crippen molar-refractivity contribution in [2.24, 2.45) is 0 Å². The third-order valence-electron chi connectivity index (χ3n) is 5.02. The van der Waals surface area contributed by atoms with Gasteiger partial charge in [-0.05, 0) is 36.4 Å². The monoisotopic (exact) mass is 538 g/mol. The maximum atomic E-state index is 12.7. The molecule has 0 saturated heterocycles. The molecule has 0 fully saturated rings. The van der Waals surface area contributed by atoms with Crippen LogP contribution in [0.1, 0.15) is 20.7 Å². The lowest BCUT2D eigenvalue weighted by atomic mass is 10.1. The summed E-state index contributed by atoms with van der Waals surface area (Å²) in [4.78, 5) is 51.3. The van der Waals surface area contributed by atoms with E-state index in [1.165, 1.54) is 30.2 Å². The molecule has 1 aromatic heterocycles. The van der Waals surface area contributed by atoms with E-state index in [4.69, 9.17) is 4.74 Å². The van der Waals surface area contributed by atoms with Crippen molar-refractivity contribution in [2.75, 3.05) is 23.5 Å². The molecule has 4 rings (SSSR count). The summed E-state index contributed by atoms with van der Waals surface area (Å²) in [5.74, 6) is -1.72. The Morgan fingerprint density at radius 2 is 1.86 bits per heavy atom. The van der Waals surface area contributed by atoms with Crippen LogP contribution in [-0.2, 0) is 4.79 Å². The molecule has 3 N–H and O–H groups in total. The maximum Gasteiger partial charge on any atom is 0.336 e. The molecule has 188 valence electrons. The zero-order valence-corrected chi connectivity index (χ0v) is 20.7. The smallest absolute Gasteiger partial charge is 0.336 e. The van der Waals surface area contributed by atoms with Gasteiger partial charge in [-0.3, -0.25) is 19.7 Å². The number of thiazole rings is 1. The van der Waals surface area contributed by atoms with Crippen LogP contribution in [0.5, 0.6) is 5.75 Å². The number of carbonyl (C=O) groups excluding carboxylic acids is 2. The average Bonchev–Trinajstić information content (AvgIpc) is 3.29. The maximum absolute atomic E-state index is 12.7. The van der Waals surface area contributed by atoms with Crippen LogP contribution in [-0.4, -0.2) is 45.7 Å². The molecule has 4 aromatic rings. The quantitative estimate of drug-likeness (QED) is 0.153. The number of thioether (sulfide) groups is 1. The average molecular weight is 539 g/mol. The van der Waals surface area contributed by atoms with E-state index in [-0.39, 0.29) is 17.2 Å². The number of hydrogen-bond donors (Lipinski definition) is 3. The number of nitro benzene ring substituents is 1. The predicted molar refractivity (Wildman–Crippen MR) is 140 cm³/mol. The van der Waals surface area contributed by atoms with Crippen LogP contribution < -0.4 is 15.4 Å². The summed E-state index contributed by atoms with van der Waals surface area (Å²) in [5.41, 5.74) is 0.509. The van der Waals surface area contributed by atoms with Gasteiger partial charge in [-0.15, -0.1) is 11.3 Å². The van der Waals surface area contributed by atoms with E-state index in [0.29, 0.717) is 27.0 Å². The highest BCUT2D eigenvalue weighted by Gasteiger charge is 2.21. The van der Waals surface area contributed by atoms with Gasteiger partial charge in [0.15, 0.2) is 4.34 Å². The van der Waals surface area contributed by atoms with Gasteiger partial charge < -0.3 is 20.5 Å². The second-order valence-electron chi connectivity index (χ2n) is 7.45. The summed E-state index contributed by atoms with van der Waals surface area (Å²) in [7, 11) is 1.52. The first kappa shape index (κ1) is 25.6. The summed E-state index contributed by atoms with van der Waals surface area (Å²) in [6.45, 7) is 0. The van der Waals surface area contributed by atoms with Crippen LogP contribution in [0.15, 0.2) is 65.0 Å². The minimum atomic E-state index is -1.46. The van der Waals surface area contributed by atoms with Gasteiger partial charge in [0.25, 0.3) is 11.6 Å². The fraction of sp³-hybridized carbons (Fsp3) is 0.0833. The molecule has 1 heterocycles. The molecule has 37 heavy (non-hydrogen) atoms. The highest BCUT2D eigenvalue weighted by molar-refractivity contribution is 8.01. The van der Waals surface area contributed by atoms with Crippen molar-refractivity contribution in [3.63, 3.8) is 0 Å². The van der Waals surface area contributed by atoms with Gasteiger partial charge in [0.2, 0.25) is 5.91 Å². The van der Waals surface area contributed by atoms with Gasteiger partial charge in [-0.2, -0.15) is 0 Å². The normalized spacial score (nSPS) is 10.6. The number of carbonyl (C=O) groups is 3. The van der Waals surface area contributed by atoms with Gasteiger partial charge in [0.1, 0.15) is 5.75 Å². The fourth-order valence-corrected chi connectivity index (χ4v) is 5.23. The number of non-ortho nitro benzene ring substituents is 1. The number of nitrogens with one attached hydrogen (secondary N) is 2. The third kappa shape index (κ3) is 6.02. The number of ether oxygens (including phenoxy) is 1. The molecule has 0 spiro atoms. The molecule has 0 aliphatic carbocycles. The number of aromatic nitrogens is 1. The van der Waals surface area contributed by atoms with Crippen molar-refractivity contribution in [3.8, 4) is 5.75 Å². The molecule has 0 bridgehead atoms. The van der Waals surface area contributed by atoms with Crippen LogP contribution in [0.2, 0.25) is 0 Å². The lowest BCUT2D eigenvalue weighted by Gasteiger charge is -2.09. The Morgan fingerprint density at radius 3 is 2.59 bits per heavy atom. The molecule has 2 amide bonds. The predicted octanol–water partition coefficient (Wildman–Crippen LogP) is 4.89. The molecular weight excluding hydrogens is 520 g/mol. The van der Waals surface area contributed by atoms with Crippen molar-refractivity contribution in [2.45, 2.75) is 4.34 Å². The Balaban J connectivity index is 1.44. The van der Waals surface area contributed by atoms with Crippen molar-refractivity contribution in [3.05, 3.63) is 81.9 Å². The number of aromatic carboxylic acids is 1. The first-order chi connectivity index (χ1) is 17.7. The van der Waals surface area contributed by atoms with E-state index in [9.17, 15) is 29.6 Å². The summed E-state index contributed by atoms with van der Waals surface area (Å²) in [6.07, 6.45) is 0. The second kappa shape index (κ2) is 11.1. The molecule has 0 aliphatic heterocycles. The Bertz CT molecular complexity index is 1540. The van der Waals surface area contributed by atoms with E-state index < -0.39 is 28.1 Å². The van der Waals surface area contributed by atoms with Crippen LogP contribution in [0.4, 0.5) is 17.1 Å². The number of fused-ring (bicyclic) bond motifs is 1. The van der Waals surface area contributed by atoms with E-state index >= 15 is 0 Å². The molecule has 3 aromatic carbocycles. The van der Waals surface area contributed by atoms with Crippen molar-refractivity contribution in [1.29, 1.82) is 0 Å². The molecule has 11 nitrogen and oxygen atoms in total. The topological polar surface area (TPSA) is 161 Å². The number of methoxy groups -OCH3 is 1. The van der Waals surface area contributed by atoms with E-state index in [1.54, 1.807) is 42.5 Å². The fourth-order valence-electron chi connectivity index (χ4n) is 3.32. The van der Waals surface area contributed by atoms with Crippen LogP contribution in [0.3, 0.4) is 0 Å². The van der Waals surface area contributed by atoms with Crippen LogP contribution in [0.25, 0.3) is 10.2 Å². The number of hydrogen-bond acceptors (Lipinski definition) is 9. The summed E-state index contributed by atoms with van der Waals surface area (Å²) >= 11 is 2.59. The molecule has 0 aliphatic rings. The van der Waals surface area contributed by atoms with Gasteiger partial charge >= 0.3 is 5.97 Å². The highest BCUT2D eigenvalue weighted by atomic mass is 32.2. The Kier molecular flexibility index (Phi) is 7.65. The van der Waals surface area contributed by atoms with E-state index in [0.717, 1.165) is 22.9 Å². The second-order valence-corrected chi connectivity index (χ2v) is 9.70. The zero-order valence-electron chi connectivity index (χ0n) is 19.1. The molecule has 0 radical (unpaired) electrons. The number of para-hydroxylation sites is 2. The van der Waals surface area contributed by atoms with Gasteiger partial charge in [-0.1, -0.05) is 23.9 Å². The number of nitrogens with zero attached hydrogens (tertiary/aromatic N) is 2. The number of carboxylic acid groups (broad SMARTS) is 1. The summed E-state index contributed by atoms with van der Waals surface area (Å²) < 4.78 is 6.62. The lowest BCUT2D eigenvalue weighted by molar-refractivity contribution is -0.384. The third-order valence-corrected chi connectivity index (χ3v) is 7.18. The number of benzene rings is 3. The lowest BCUT2D eigenvalue weighted by Crippen LogP contribution is -2.16. The van der Waals surface area contributed by atoms with Crippen molar-refractivity contribution < 1.29 is 29.2 Å². The molecule has 0 unspecified atom stereocenters. The number of rotatable bonds is 9. The zero-order chi connectivity index (χ0) is 26.5. The standard InChI is InChI=1S/C24H18N4O7S2/c1-35-19-5-3-2-4-17(19)26-21(29)12-36-24-27-18-9-6-13(10-20(18)37-24)25-22(30)15-8-7-14(28(33)34)11-16(15)23(31)32/h2-11H,12H2,1H3,(H,25,30)(H,26,29)(H,31,32). The number of anilines is 2. The van der Waals surface area contributed by atoms with Crippen LogP contribution >= 0.6 is 23.1 Å². The van der Waals surface area contributed by atoms with E-state index in [2.05, 4.69) is 15.6 Å². The summed E-state index contributed by atoms with van der Waals surface area (Å²) in [5, 5.41) is 25.7. The first-order valence-electron chi connectivity index (χ1n) is 10.5. The molecule has 0 saturated carbocycles.